The molecule has 2 aromatic carbocycles. The number of carbonyl (C=O) groups excluding carboxylic acids is 1. The molecule has 4 rings (SSSR count). The van der Waals surface area contributed by atoms with Crippen molar-refractivity contribution in [2.45, 2.75) is 12.8 Å². The third-order valence-corrected chi connectivity index (χ3v) is 5.36. The maximum atomic E-state index is 12.3. The molecular formula is C22H26N4O. The zero-order valence-electron chi connectivity index (χ0n) is 15.8. The Morgan fingerprint density at radius 1 is 0.815 bits per heavy atom. The summed E-state index contributed by atoms with van der Waals surface area (Å²) in [5.41, 5.74) is 4.51. The van der Waals surface area contributed by atoms with E-state index in [1.165, 1.54) is 11.1 Å². The van der Waals surface area contributed by atoms with Gasteiger partial charge in [0.1, 0.15) is 0 Å². The molecule has 2 aliphatic rings. The van der Waals surface area contributed by atoms with Gasteiger partial charge in [0.15, 0.2) is 0 Å². The highest BCUT2D eigenvalue weighted by molar-refractivity contribution is 6.04. The number of hydrogen-bond donors (Lipinski definition) is 0. The minimum atomic E-state index is 0.124. The van der Waals surface area contributed by atoms with Crippen LogP contribution in [0.25, 0.3) is 11.1 Å². The Morgan fingerprint density at radius 3 is 2.15 bits per heavy atom. The molecule has 2 aromatic rings. The van der Waals surface area contributed by atoms with Gasteiger partial charge in [-0.15, -0.1) is 0 Å². The zero-order chi connectivity index (χ0) is 18.6. The monoisotopic (exact) mass is 362 g/mol. The van der Waals surface area contributed by atoms with E-state index in [0.29, 0.717) is 19.5 Å². The number of likely N-dealkylation sites (N-methyl/N-ethyl adjacent to an activating group) is 1. The van der Waals surface area contributed by atoms with E-state index in [0.717, 1.165) is 37.5 Å². The summed E-state index contributed by atoms with van der Waals surface area (Å²) in [6.45, 7) is 4.64. The van der Waals surface area contributed by atoms with Crippen LogP contribution in [0.5, 0.6) is 0 Å². The van der Waals surface area contributed by atoms with Gasteiger partial charge < -0.3 is 4.90 Å². The molecule has 0 bridgehead atoms. The Kier molecular flexibility index (Phi) is 5.32. The number of rotatable bonds is 4. The first-order valence-corrected chi connectivity index (χ1v) is 9.64. The molecule has 0 atom stereocenters. The van der Waals surface area contributed by atoms with E-state index in [-0.39, 0.29) is 5.91 Å². The van der Waals surface area contributed by atoms with Crippen molar-refractivity contribution in [3.05, 3.63) is 60.2 Å². The third kappa shape index (κ3) is 4.26. The maximum Gasteiger partial charge on any atom is 0.244 e. The van der Waals surface area contributed by atoms with Gasteiger partial charge in [-0.1, -0.05) is 54.6 Å². The third-order valence-electron chi connectivity index (χ3n) is 5.36. The van der Waals surface area contributed by atoms with Crippen LogP contribution >= 0.6 is 0 Å². The van der Waals surface area contributed by atoms with E-state index in [1.807, 2.05) is 6.07 Å². The zero-order valence-corrected chi connectivity index (χ0v) is 15.8. The van der Waals surface area contributed by atoms with Gasteiger partial charge in [-0.05, 0) is 23.7 Å². The topological polar surface area (TPSA) is 39.1 Å². The SMILES string of the molecule is CN1CCN(CN2N=C(c3ccc(-c4ccccc4)cc3)CCC2=O)CC1. The number of benzene rings is 2. The molecule has 5 heteroatoms. The van der Waals surface area contributed by atoms with Crippen molar-refractivity contribution in [2.24, 2.45) is 5.10 Å². The fraction of sp³-hybridized carbons (Fsp3) is 0.364. The lowest BCUT2D eigenvalue weighted by atomic mass is 10.00. The van der Waals surface area contributed by atoms with Gasteiger partial charge >= 0.3 is 0 Å². The van der Waals surface area contributed by atoms with E-state index >= 15 is 0 Å². The van der Waals surface area contributed by atoms with Crippen molar-refractivity contribution >= 4 is 11.6 Å². The van der Waals surface area contributed by atoms with Crippen LogP contribution in [0.4, 0.5) is 0 Å². The predicted octanol–water partition coefficient (Wildman–Crippen LogP) is 2.89. The van der Waals surface area contributed by atoms with Crippen LogP contribution in [0.3, 0.4) is 0 Å². The highest BCUT2D eigenvalue weighted by Gasteiger charge is 2.24. The number of amides is 1. The van der Waals surface area contributed by atoms with Crippen molar-refractivity contribution < 1.29 is 4.79 Å². The molecule has 5 nitrogen and oxygen atoms in total. The van der Waals surface area contributed by atoms with E-state index in [9.17, 15) is 4.79 Å². The highest BCUT2D eigenvalue weighted by Crippen LogP contribution is 2.22. The molecular weight excluding hydrogens is 336 g/mol. The fourth-order valence-corrected chi connectivity index (χ4v) is 3.58. The summed E-state index contributed by atoms with van der Waals surface area (Å²) in [5, 5.41) is 6.36. The average Bonchev–Trinajstić information content (AvgIpc) is 2.72. The molecule has 0 unspecified atom stereocenters. The molecule has 2 heterocycles. The van der Waals surface area contributed by atoms with Gasteiger partial charge in [-0.25, -0.2) is 5.01 Å². The summed E-state index contributed by atoms with van der Waals surface area (Å²) in [5.74, 6) is 0.124. The summed E-state index contributed by atoms with van der Waals surface area (Å²) in [4.78, 5) is 17.0. The van der Waals surface area contributed by atoms with Crippen LogP contribution < -0.4 is 0 Å². The Balaban J connectivity index is 1.48. The number of carbonyl (C=O) groups is 1. The van der Waals surface area contributed by atoms with Crippen molar-refractivity contribution in [3.8, 4) is 11.1 Å². The molecule has 2 aliphatic heterocycles. The lowest BCUT2D eigenvalue weighted by Gasteiger charge is -2.35. The molecule has 1 saturated heterocycles. The van der Waals surface area contributed by atoms with E-state index in [1.54, 1.807) is 5.01 Å². The van der Waals surface area contributed by atoms with E-state index in [4.69, 9.17) is 5.10 Å². The first-order chi connectivity index (χ1) is 13.2. The van der Waals surface area contributed by atoms with Gasteiger partial charge in [0.2, 0.25) is 5.91 Å². The van der Waals surface area contributed by atoms with E-state index < -0.39 is 0 Å². The molecule has 0 radical (unpaired) electrons. The summed E-state index contributed by atoms with van der Waals surface area (Å²) in [6, 6.07) is 18.9. The quantitative estimate of drug-likeness (QED) is 0.840. The maximum absolute atomic E-state index is 12.3. The van der Waals surface area contributed by atoms with Crippen LogP contribution in [-0.2, 0) is 4.79 Å². The molecule has 0 aromatic heterocycles. The molecule has 1 amide bonds. The van der Waals surface area contributed by atoms with Crippen molar-refractivity contribution in [2.75, 3.05) is 39.9 Å². The fourth-order valence-electron chi connectivity index (χ4n) is 3.58. The Labute approximate surface area is 160 Å². The summed E-state index contributed by atoms with van der Waals surface area (Å²) >= 11 is 0. The van der Waals surface area contributed by atoms with E-state index in [2.05, 4.69) is 65.4 Å². The molecule has 1 fully saturated rings. The van der Waals surface area contributed by atoms with Crippen LogP contribution in [0.1, 0.15) is 18.4 Å². The summed E-state index contributed by atoms with van der Waals surface area (Å²) < 4.78 is 0. The van der Waals surface area contributed by atoms with Gasteiger partial charge in [0, 0.05) is 39.0 Å². The Morgan fingerprint density at radius 2 is 1.44 bits per heavy atom. The van der Waals surface area contributed by atoms with Gasteiger partial charge in [-0.2, -0.15) is 5.10 Å². The average molecular weight is 362 g/mol. The van der Waals surface area contributed by atoms with Crippen LogP contribution in [0.2, 0.25) is 0 Å². The first-order valence-electron chi connectivity index (χ1n) is 9.64. The molecule has 27 heavy (non-hydrogen) atoms. The number of hydrazone groups is 1. The highest BCUT2D eigenvalue weighted by atomic mass is 16.2. The van der Waals surface area contributed by atoms with Gasteiger partial charge in [-0.3, -0.25) is 9.69 Å². The molecule has 0 aliphatic carbocycles. The van der Waals surface area contributed by atoms with Crippen LogP contribution in [0.15, 0.2) is 59.7 Å². The van der Waals surface area contributed by atoms with Crippen molar-refractivity contribution in [1.29, 1.82) is 0 Å². The standard InChI is InChI=1S/C22H26N4O/c1-24-13-15-25(16-14-24)17-26-22(27)12-11-21(23-26)20-9-7-19(8-10-20)18-5-3-2-4-6-18/h2-10H,11-17H2,1H3. The molecule has 0 saturated carbocycles. The second-order valence-corrected chi connectivity index (χ2v) is 7.35. The number of nitrogens with zero attached hydrogens (tertiary/aromatic N) is 4. The van der Waals surface area contributed by atoms with Crippen LogP contribution in [0, 0.1) is 0 Å². The number of hydrogen-bond acceptors (Lipinski definition) is 4. The first kappa shape index (κ1) is 17.9. The van der Waals surface area contributed by atoms with Crippen LogP contribution in [-0.4, -0.2) is 66.3 Å². The van der Waals surface area contributed by atoms with Crippen molar-refractivity contribution in [3.63, 3.8) is 0 Å². The smallest absolute Gasteiger partial charge is 0.244 e. The van der Waals surface area contributed by atoms with Crippen molar-refractivity contribution in [1.82, 2.24) is 14.8 Å². The summed E-state index contributed by atoms with van der Waals surface area (Å²) in [6.07, 6.45) is 1.25. The predicted molar refractivity (Wildman–Crippen MR) is 108 cm³/mol. The summed E-state index contributed by atoms with van der Waals surface area (Å²) in [7, 11) is 2.14. The molecule has 140 valence electrons. The number of piperazine rings is 1. The Bertz CT molecular complexity index is 808. The molecule has 0 N–H and O–H groups in total. The van der Waals surface area contributed by atoms with Gasteiger partial charge in [0.05, 0.1) is 12.4 Å². The molecule has 0 spiro atoms. The lowest BCUT2D eigenvalue weighted by Crippen LogP contribution is -2.49. The second kappa shape index (κ2) is 8.03. The minimum Gasteiger partial charge on any atom is -0.304 e. The minimum absolute atomic E-state index is 0.124. The lowest BCUT2D eigenvalue weighted by molar-refractivity contribution is -0.134. The second-order valence-electron chi connectivity index (χ2n) is 7.35. The normalized spacial score (nSPS) is 19.2. The van der Waals surface area contributed by atoms with Gasteiger partial charge in [0.25, 0.3) is 0 Å². The Hall–Kier alpha value is -2.50. The largest absolute Gasteiger partial charge is 0.304 e.